The number of carbonyl (C=O) groups is 1. The lowest BCUT2D eigenvalue weighted by molar-refractivity contribution is 0.0303. The zero-order valence-electron chi connectivity index (χ0n) is 18.0. The van der Waals surface area contributed by atoms with Gasteiger partial charge in [-0.05, 0) is 54.8 Å². The molecule has 0 radical (unpaired) electrons. The highest BCUT2D eigenvalue weighted by molar-refractivity contribution is 7.97. The van der Waals surface area contributed by atoms with E-state index in [1.165, 1.54) is 0 Å². The van der Waals surface area contributed by atoms with Crippen molar-refractivity contribution in [3.8, 4) is 22.6 Å². The number of morpholine rings is 1. The van der Waals surface area contributed by atoms with Gasteiger partial charge in [-0.1, -0.05) is 0 Å². The molecule has 0 N–H and O–H groups in total. The molecule has 1 aliphatic rings. The van der Waals surface area contributed by atoms with E-state index >= 15 is 0 Å². The molecule has 1 amide bonds. The highest BCUT2D eigenvalue weighted by Gasteiger charge is 2.21. The lowest BCUT2D eigenvalue weighted by Gasteiger charge is -2.26. The molecule has 0 aliphatic carbocycles. The molecule has 4 aromatic rings. The molecule has 162 valence electrons. The lowest BCUT2D eigenvalue weighted by atomic mass is 10.1. The van der Waals surface area contributed by atoms with E-state index in [-0.39, 0.29) is 5.91 Å². The van der Waals surface area contributed by atoms with Gasteiger partial charge in [0.15, 0.2) is 5.82 Å². The first-order valence-corrected chi connectivity index (χ1v) is 11.6. The second-order valence-corrected chi connectivity index (χ2v) is 8.46. The number of hydrogen-bond acceptors (Lipinski definition) is 6. The van der Waals surface area contributed by atoms with Gasteiger partial charge in [-0.3, -0.25) is 13.8 Å². The monoisotopic (exact) mass is 445 g/mol. The molecule has 0 saturated carbocycles. The summed E-state index contributed by atoms with van der Waals surface area (Å²) in [4.78, 5) is 28.5. The van der Waals surface area contributed by atoms with Gasteiger partial charge in [-0.2, -0.15) is 0 Å². The number of amides is 1. The molecule has 32 heavy (non-hydrogen) atoms. The summed E-state index contributed by atoms with van der Waals surface area (Å²) in [5.41, 5.74) is 5.45. The van der Waals surface area contributed by atoms with Gasteiger partial charge in [-0.25, -0.2) is 9.97 Å². The molecular weight excluding hydrogens is 422 g/mol. The van der Waals surface area contributed by atoms with Crippen LogP contribution in [0.3, 0.4) is 0 Å². The third kappa shape index (κ3) is 3.87. The molecule has 7 nitrogen and oxygen atoms in total. The summed E-state index contributed by atoms with van der Waals surface area (Å²) in [7, 11) is 0. The quantitative estimate of drug-likeness (QED) is 0.472. The third-order valence-electron chi connectivity index (χ3n) is 5.62. The second-order valence-electron chi connectivity index (χ2n) is 7.70. The number of benzene rings is 1. The fraction of sp³-hybridized carbons (Fsp3) is 0.250. The van der Waals surface area contributed by atoms with Crippen molar-refractivity contribution in [2.24, 2.45) is 0 Å². The van der Waals surface area contributed by atoms with Gasteiger partial charge in [-0.15, -0.1) is 0 Å². The van der Waals surface area contributed by atoms with Crippen molar-refractivity contribution in [3.05, 3.63) is 66.2 Å². The summed E-state index contributed by atoms with van der Waals surface area (Å²) in [5.74, 6) is 0.648. The van der Waals surface area contributed by atoms with Crippen molar-refractivity contribution >= 4 is 28.8 Å². The van der Waals surface area contributed by atoms with Crippen LogP contribution in [-0.2, 0) is 4.74 Å². The van der Waals surface area contributed by atoms with Gasteiger partial charge in [0, 0.05) is 66.2 Å². The van der Waals surface area contributed by atoms with Gasteiger partial charge in [0.2, 0.25) is 0 Å². The Balaban J connectivity index is 1.53. The van der Waals surface area contributed by atoms with E-state index < -0.39 is 0 Å². The van der Waals surface area contributed by atoms with Gasteiger partial charge in [0.05, 0.1) is 24.4 Å². The summed E-state index contributed by atoms with van der Waals surface area (Å²) in [5, 5.41) is 0.958. The smallest absolute Gasteiger partial charge is 0.254 e. The van der Waals surface area contributed by atoms with Crippen molar-refractivity contribution < 1.29 is 9.53 Å². The van der Waals surface area contributed by atoms with E-state index in [1.54, 1.807) is 30.5 Å². The highest BCUT2D eigenvalue weighted by Crippen LogP contribution is 2.32. The van der Waals surface area contributed by atoms with Crippen LogP contribution < -0.4 is 0 Å². The normalized spacial score (nSPS) is 14.1. The van der Waals surface area contributed by atoms with E-state index in [0.29, 0.717) is 37.7 Å². The zero-order chi connectivity index (χ0) is 22.1. The Morgan fingerprint density at radius 2 is 1.84 bits per heavy atom. The average molecular weight is 446 g/mol. The SMILES string of the molecule is CSn1cc(-c2ncc(-c3cc(C)ccn3)cn2)c2cc(C(=O)N3CCOCC3)ccc21. The first kappa shape index (κ1) is 20.7. The molecule has 1 saturated heterocycles. The maximum Gasteiger partial charge on any atom is 0.254 e. The summed E-state index contributed by atoms with van der Waals surface area (Å²) in [6.45, 7) is 4.43. The predicted octanol–water partition coefficient (Wildman–Crippen LogP) is 4.07. The number of rotatable bonds is 4. The van der Waals surface area contributed by atoms with Crippen molar-refractivity contribution in [2.45, 2.75) is 6.92 Å². The topological polar surface area (TPSA) is 73.1 Å². The minimum atomic E-state index is 0.0276. The fourth-order valence-electron chi connectivity index (χ4n) is 3.91. The van der Waals surface area contributed by atoms with Gasteiger partial charge < -0.3 is 9.64 Å². The Bertz CT molecular complexity index is 1280. The Kier molecular flexibility index (Phi) is 5.63. The van der Waals surface area contributed by atoms with Gasteiger partial charge >= 0.3 is 0 Å². The van der Waals surface area contributed by atoms with E-state index in [1.807, 2.05) is 54.6 Å². The second kappa shape index (κ2) is 8.72. The maximum atomic E-state index is 13.0. The summed E-state index contributed by atoms with van der Waals surface area (Å²) in [6.07, 6.45) is 9.43. The largest absolute Gasteiger partial charge is 0.378 e. The molecule has 0 spiro atoms. The van der Waals surface area contributed by atoms with Gasteiger partial charge in [0.1, 0.15) is 0 Å². The Hall–Kier alpha value is -3.23. The number of fused-ring (bicyclic) bond motifs is 1. The van der Waals surface area contributed by atoms with Crippen LogP contribution >= 0.6 is 11.9 Å². The predicted molar refractivity (Wildman–Crippen MR) is 127 cm³/mol. The molecule has 1 aliphatic heterocycles. The van der Waals surface area contributed by atoms with Crippen LogP contribution in [0.25, 0.3) is 33.5 Å². The Morgan fingerprint density at radius 1 is 1.06 bits per heavy atom. The molecule has 3 aromatic heterocycles. The van der Waals surface area contributed by atoms with Crippen LogP contribution in [0.5, 0.6) is 0 Å². The Morgan fingerprint density at radius 3 is 2.56 bits per heavy atom. The van der Waals surface area contributed by atoms with E-state index in [0.717, 1.165) is 33.3 Å². The number of nitrogens with zero attached hydrogens (tertiary/aromatic N) is 5. The van der Waals surface area contributed by atoms with Crippen molar-refractivity contribution in [2.75, 3.05) is 32.6 Å². The molecular formula is C24H23N5O2S. The summed E-state index contributed by atoms with van der Waals surface area (Å²) >= 11 is 1.60. The third-order valence-corrected chi connectivity index (χ3v) is 6.31. The van der Waals surface area contributed by atoms with Crippen LogP contribution in [0.1, 0.15) is 15.9 Å². The standard InChI is InChI=1S/C24H23N5O2S/c1-16-5-6-25-21(11-16)18-13-26-23(27-14-18)20-15-29(32-2)22-4-3-17(12-19(20)22)24(30)28-7-9-31-10-8-28/h3-6,11-15H,7-10H2,1-2H3. The number of aromatic nitrogens is 4. The number of hydrogen-bond donors (Lipinski definition) is 0. The van der Waals surface area contributed by atoms with E-state index in [4.69, 9.17) is 4.74 Å². The Labute approximate surface area is 190 Å². The van der Waals surface area contributed by atoms with Crippen LogP contribution in [0.15, 0.2) is 55.1 Å². The van der Waals surface area contributed by atoms with Crippen molar-refractivity contribution in [1.29, 1.82) is 0 Å². The van der Waals surface area contributed by atoms with Crippen LogP contribution in [0.4, 0.5) is 0 Å². The number of ether oxygens (including phenoxy) is 1. The number of aryl methyl sites for hydroxylation is 1. The van der Waals surface area contributed by atoms with Crippen molar-refractivity contribution in [1.82, 2.24) is 23.8 Å². The number of pyridine rings is 1. The maximum absolute atomic E-state index is 13.0. The van der Waals surface area contributed by atoms with Crippen LogP contribution in [-0.4, -0.2) is 62.3 Å². The molecule has 1 fully saturated rings. The first-order valence-electron chi connectivity index (χ1n) is 10.5. The highest BCUT2D eigenvalue weighted by atomic mass is 32.2. The molecule has 8 heteroatoms. The molecule has 4 heterocycles. The average Bonchev–Trinajstić information content (AvgIpc) is 3.22. The molecule has 0 unspecified atom stereocenters. The van der Waals surface area contributed by atoms with Crippen LogP contribution in [0.2, 0.25) is 0 Å². The minimum Gasteiger partial charge on any atom is -0.378 e. The first-order chi connectivity index (χ1) is 15.6. The summed E-state index contributed by atoms with van der Waals surface area (Å²) < 4.78 is 7.45. The lowest BCUT2D eigenvalue weighted by Crippen LogP contribution is -2.40. The molecule has 1 aromatic carbocycles. The van der Waals surface area contributed by atoms with E-state index in [2.05, 4.69) is 18.9 Å². The zero-order valence-corrected chi connectivity index (χ0v) is 18.8. The van der Waals surface area contributed by atoms with E-state index in [9.17, 15) is 4.79 Å². The minimum absolute atomic E-state index is 0.0276. The van der Waals surface area contributed by atoms with Crippen molar-refractivity contribution in [3.63, 3.8) is 0 Å². The van der Waals surface area contributed by atoms with Crippen LogP contribution in [0, 0.1) is 6.92 Å². The molecule has 0 atom stereocenters. The molecule has 0 bridgehead atoms. The van der Waals surface area contributed by atoms with Gasteiger partial charge in [0.25, 0.3) is 5.91 Å². The number of carbonyl (C=O) groups excluding carboxylic acids is 1. The molecule has 5 rings (SSSR count). The summed E-state index contributed by atoms with van der Waals surface area (Å²) in [6, 6.07) is 9.82. The fourth-order valence-corrected chi connectivity index (χ4v) is 4.47.